The predicted molar refractivity (Wildman–Crippen MR) is 89.7 cm³/mol. The topological polar surface area (TPSA) is 64.1 Å². The first-order valence-corrected chi connectivity index (χ1v) is 8.91. The van der Waals surface area contributed by atoms with Gasteiger partial charge in [0.15, 0.2) is 5.96 Å². The first kappa shape index (κ1) is 17.0. The van der Waals surface area contributed by atoms with Crippen molar-refractivity contribution in [2.24, 2.45) is 16.3 Å². The van der Waals surface area contributed by atoms with E-state index in [1.807, 2.05) is 7.05 Å². The lowest BCUT2D eigenvalue weighted by atomic mass is 9.57. The molecule has 2 N–H and O–H groups in total. The summed E-state index contributed by atoms with van der Waals surface area (Å²) in [5, 5.41) is 6.92. The van der Waals surface area contributed by atoms with Gasteiger partial charge in [0.1, 0.15) is 0 Å². The Bertz CT molecular complexity index is 421. The van der Waals surface area contributed by atoms with Gasteiger partial charge in [-0.2, -0.15) is 0 Å². The lowest BCUT2D eigenvalue weighted by Crippen LogP contribution is -2.68. The zero-order valence-electron chi connectivity index (χ0n) is 14.6. The van der Waals surface area contributed by atoms with Gasteiger partial charge in [0, 0.05) is 44.2 Å². The molecule has 1 saturated carbocycles. The monoisotopic (exact) mass is 325 g/mol. The minimum Gasteiger partial charge on any atom is -0.377 e. The SMILES string of the molecule is CN=C(NCCOCC1CCCO1)NC1C2CCOC2C1(C)C. The van der Waals surface area contributed by atoms with Gasteiger partial charge >= 0.3 is 0 Å². The van der Waals surface area contributed by atoms with Crippen molar-refractivity contribution < 1.29 is 14.2 Å². The Morgan fingerprint density at radius 1 is 1.26 bits per heavy atom. The van der Waals surface area contributed by atoms with Crippen LogP contribution in [0, 0.1) is 11.3 Å². The van der Waals surface area contributed by atoms with Crippen molar-refractivity contribution in [2.45, 2.75) is 51.4 Å². The summed E-state index contributed by atoms with van der Waals surface area (Å²) in [6.45, 7) is 8.44. The number of ether oxygens (including phenoxy) is 3. The fourth-order valence-corrected chi connectivity index (χ4v) is 4.19. The van der Waals surface area contributed by atoms with Crippen LogP contribution in [0.2, 0.25) is 0 Å². The number of rotatable bonds is 6. The molecule has 4 atom stereocenters. The van der Waals surface area contributed by atoms with Crippen LogP contribution in [0.4, 0.5) is 0 Å². The molecule has 23 heavy (non-hydrogen) atoms. The van der Waals surface area contributed by atoms with E-state index >= 15 is 0 Å². The van der Waals surface area contributed by atoms with Gasteiger partial charge in [-0.15, -0.1) is 0 Å². The van der Waals surface area contributed by atoms with Crippen molar-refractivity contribution in [1.29, 1.82) is 0 Å². The van der Waals surface area contributed by atoms with Crippen LogP contribution in [-0.4, -0.2) is 64.2 Å². The number of hydrogen-bond acceptors (Lipinski definition) is 4. The van der Waals surface area contributed by atoms with E-state index in [4.69, 9.17) is 14.2 Å². The van der Waals surface area contributed by atoms with E-state index in [0.717, 1.165) is 45.0 Å². The molecule has 0 spiro atoms. The Balaban J connectivity index is 1.35. The molecule has 0 bridgehead atoms. The van der Waals surface area contributed by atoms with Crippen LogP contribution in [0.25, 0.3) is 0 Å². The fraction of sp³-hybridized carbons (Fsp3) is 0.941. The first-order chi connectivity index (χ1) is 11.1. The second kappa shape index (κ2) is 7.36. The van der Waals surface area contributed by atoms with Gasteiger partial charge in [-0.25, -0.2) is 0 Å². The van der Waals surface area contributed by atoms with Gasteiger partial charge in [-0.1, -0.05) is 13.8 Å². The molecule has 0 aromatic heterocycles. The molecule has 2 saturated heterocycles. The van der Waals surface area contributed by atoms with Crippen molar-refractivity contribution >= 4 is 5.96 Å². The van der Waals surface area contributed by atoms with E-state index in [0.29, 0.717) is 37.4 Å². The molecule has 4 unspecified atom stereocenters. The summed E-state index contributed by atoms with van der Waals surface area (Å²) in [6, 6.07) is 0.425. The summed E-state index contributed by atoms with van der Waals surface area (Å²) in [7, 11) is 1.82. The highest BCUT2D eigenvalue weighted by atomic mass is 16.5. The van der Waals surface area contributed by atoms with Crippen LogP contribution in [-0.2, 0) is 14.2 Å². The standard InChI is InChI=1S/C17H31N3O3/c1-17(2)14(13-6-9-23-15(13)17)20-16(18-3)19-7-10-21-11-12-5-4-8-22-12/h12-15H,4-11H2,1-3H3,(H2,18,19,20). The maximum Gasteiger partial charge on any atom is 0.191 e. The minimum atomic E-state index is 0.162. The van der Waals surface area contributed by atoms with E-state index in [1.54, 1.807) is 0 Å². The Labute approximate surface area is 139 Å². The summed E-state index contributed by atoms with van der Waals surface area (Å²) >= 11 is 0. The number of nitrogens with zero attached hydrogens (tertiary/aromatic N) is 1. The van der Waals surface area contributed by atoms with Gasteiger partial charge < -0.3 is 24.8 Å². The van der Waals surface area contributed by atoms with Gasteiger partial charge in [0.2, 0.25) is 0 Å². The molecule has 3 rings (SSSR count). The molecule has 6 heteroatoms. The molecule has 0 amide bonds. The molecular weight excluding hydrogens is 294 g/mol. The van der Waals surface area contributed by atoms with Crippen LogP contribution in [0.3, 0.4) is 0 Å². The lowest BCUT2D eigenvalue weighted by Gasteiger charge is -2.54. The van der Waals surface area contributed by atoms with E-state index in [1.165, 1.54) is 0 Å². The first-order valence-electron chi connectivity index (χ1n) is 8.91. The fourth-order valence-electron chi connectivity index (χ4n) is 4.19. The number of fused-ring (bicyclic) bond motifs is 1. The average molecular weight is 325 g/mol. The van der Waals surface area contributed by atoms with E-state index < -0.39 is 0 Å². The molecule has 2 heterocycles. The van der Waals surface area contributed by atoms with Crippen molar-refractivity contribution in [3.05, 3.63) is 0 Å². The van der Waals surface area contributed by atoms with Crippen molar-refractivity contribution in [3.8, 4) is 0 Å². The normalized spacial score (nSPS) is 35.7. The zero-order valence-corrected chi connectivity index (χ0v) is 14.6. The molecule has 3 fully saturated rings. The molecule has 6 nitrogen and oxygen atoms in total. The smallest absolute Gasteiger partial charge is 0.191 e. The third kappa shape index (κ3) is 3.64. The van der Waals surface area contributed by atoms with Crippen LogP contribution in [0.1, 0.15) is 33.1 Å². The third-order valence-corrected chi connectivity index (χ3v) is 5.48. The molecule has 132 valence electrons. The highest BCUT2D eigenvalue weighted by Gasteiger charge is 2.59. The maximum absolute atomic E-state index is 5.84. The highest BCUT2D eigenvalue weighted by Crippen LogP contribution is 2.51. The zero-order chi connectivity index (χ0) is 16.3. The van der Waals surface area contributed by atoms with Crippen LogP contribution >= 0.6 is 0 Å². The number of hydrogen-bond donors (Lipinski definition) is 2. The minimum absolute atomic E-state index is 0.162. The summed E-state index contributed by atoms with van der Waals surface area (Å²) < 4.78 is 17.1. The Morgan fingerprint density at radius 2 is 2.13 bits per heavy atom. The second-order valence-electron chi connectivity index (χ2n) is 7.40. The van der Waals surface area contributed by atoms with E-state index in [-0.39, 0.29) is 5.41 Å². The van der Waals surface area contributed by atoms with Gasteiger partial charge in [-0.05, 0) is 19.3 Å². The van der Waals surface area contributed by atoms with Gasteiger partial charge in [-0.3, -0.25) is 4.99 Å². The quantitative estimate of drug-likeness (QED) is 0.436. The highest BCUT2D eigenvalue weighted by molar-refractivity contribution is 5.80. The summed E-state index contributed by atoms with van der Waals surface area (Å²) in [5.74, 6) is 1.47. The van der Waals surface area contributed by atoms with Crippen molar-refractivity contribution in [2.75, 3.05) is 40.0 Å². The van der Waals surface area contributed by atoms with Gasteiger partial charge in [0.05, 0.1) is 25.4 Å². The summed E-state index contributed by atoms with van der Waals surface area (Å²) in [4.78, 5) is 4.34. The number of nitrogens with one attached hydrogen (secondary N) is 2. The summed E-state index contributed by atoms with van der Waals surface area (Å²) in [6.07, 6.45) is 4.12. The number of guanidine groups is 1. The Hall–Kier alpha value is -0.850. The summed E-state index contributed by atoms with van der Waals surface area (Å²) in [5.41, 5.74) is 0.162. The van der Waals surface area contributed by atoms with E-state index in [9.17, 15) is 0 Å². The molecule has 0 radical (unpaired) electrons. The predicted octanol–water partition coefficient (Wildman–Crippen LogP) is 1.16. The molecular formula is C17H31N3O3. The van der Waals surface area contributed by atoms with Crippen LogP contribution in [0.5, 0.6) is 0 Å². The van der Waals surface area contributed by atoms with Crippen LogP contribution < -0.4 is 10.6 Å². The molecule has 2 aliphatic heterocycles. The molecule has 0 aromatic carbocycles. The Morgan fingerprint density at radius 3 is 2.87 bits per heavy atom. The number of aliphatic imine (C=N–C) groups is 1. The van der Waals surface area contributed by atoms with Crippen molar-refractivity contribution in [1.82, 2.24) is 10.6 Å². The third-order valence-electron chi connectivity index (χ3n) is 5.48. The molecule has 3 aliphatic rings. The second-order valence-corrected chi connectivity index (χ2v) is 7.40. The Kier molecular flexibility index (Phi) is 5.44. The van der Waals surface area contributed by atoms with Gasteiger partial charge in [0.25, 0.3) is 0 Å². The van der Waals surface area contributed by atoms with E-state index in [2.05, 4.69) is 29.5 Å². The molecule has 1 aliphatic carbocycles. The maximum atomic E-state index is 5.84. The molecule has 0 aromatic rings. The average Bonchev–Trinajstić information content (AvgIpc) is 3.20. The lowest BCUT2D eigenvalue weighted by molar-refractivity contribution is -0.106. The van der Waals surface area contributed by atoms with Crippen LogP contribution in [0.15, 0.2) is 4.99 Å². The van der Waals surface area contributed by atoms with Crippen molar-refractivity contribution in [3.63, 3.8) is 0 Å². The largest absolute Gasteiger partial charge is 0.377 e.